The third-order valence-corrected chi connectivity index (χ3v) is 2.73. The van der Waals surface area contributed by atoms with E-state index in [1.165, 1.54) is 6.33 Å². The van der Waals surface area contributed by atoms with Crippen LogP contribution in [-0.4, -0.2) is 44.8 Å². The van der Waals surface area contributed by atoms with E-state index in [1.54, 1.807) is 18.1 Å². The number of hydrogen-bond acceptors (Lipinski definition) is 5. The zero-order valence-electron chi connectivity index (χ0n) is 10.9. The molecule has 0 aliphatic heterocycles. The van der Waals surface area contributed by atoms with Crippen LogP contribution in [-0.2, 0) is 18.3 Å². The fourth-order valence-corrected chi connectivity index (χ4v) is 1.89. The molecule has 7 heteroatoms. The van der Waals surface area contributed by atoms with Crippen LogP contribution in [0.4, 0.5) is 0 Å². The van der Waals surface area contributed by atoms with Gasteiger partial charge in [-0.2, -0.15) is 10.2 Å². The van der Waals surface area contributed by atoms with Gasteiger partial charge in [0.25, 0.3) is 0 Å². The summed E-state index contributed by atoms with van der Waals surface area (Å²) in [6.07, 6.45) is 3.19. The van der Waals surface area contributed by atoms with Crippen LogP contribution in [0.5, 0.6) is 0 Å². The van der Waals surface area contributed by atoms with E-state index >= 15 is 0 Å². The molecule has 2 rings (SSSR count). The second kappa shape index (κ2) is 5.74. The Kier molecular flexibility index (Phi) is 4.06. The Morgan fingerprint density at radius 2 is 2.28 bits per heavy atom. The largest absolute Gasteiger partial charge is 0.383 e. The molecular formula is C11H18N6O. The minimum atomic E-state index is 0.692. The molecule has 2 heterocycles. The van der Waals surface area contributed by atoms with E-state index in [0.717, 1.165) is 30.2 Å². The molecule has 0 radical (unpaired) electrons. The minimum Gasteiger partial charge on any atom is -0.383 e. The van der Waals surface area contributed by atoms with Gasteiger partial charge in [0.1, 0.15) is 12.7 Å². The highest BCUT2D eigenvalue weighted by Crippen LogP contribution is 2.16. The average molecular weight is 250 g/mol. The van der Waals surface area contributed by atoms with Crippen molar-refractivity contribution in [2.24, 2.45) is 7.05 Å². The fourth-order valence-electron chi connectivity index (χ4n) is 1.89. The molecule has 7 nitrogen and oxygen atoms in total. The molecular weight excluding hydrogens is 232 g/mol. The van der Waals surface area contributed by atoms with Gasteiger partial charge in [0, 0.05) is 32.8 Å². The second-order valence-corrected chi connectivity index (χ2v) is 4.02. The number of nitrogens with one attached hydrogen (secondary N) is 1. The summed E-state index contributed by atoms with van der Waals surface area (Å²) in [5, 5.41) is 11.9. The Bertz CT molecular complexity index is 490. The standard InChI is InChI=1S/C11H18N6O/c1-9-10(6-12-4-5-18-3)11(16(2)15-9)17-8-13-7-14-17/h7-8,12H,4-6H2,1-3H3. The molecule has 2 aromatic heterocycles. The highest BCUT2D eigenvalue weighted by Gasteiger charge is 2.14. The van der Waals surface area contributed by atoms with Gasteiger partial charge < -0.3 is 10.1 Å². The summed E-state index contributed by atoms with van der Waals surface area (Å²) in [6, 6.07) is 0. The van der Waals surface area contributed by atoms with Crippen molar-refractivity contribution in [2.45, 2.75) is 13.5 Å². The SMILES string of the molecule is COCCNCc1c(C)nn(C)c1-n1cncn1. The van der Waals surface area contributed by atoms with Crippen LogP contribution in [0.2, 0.25) is 0 Å². The van der Waals surface area contributed by atoms with E-state index in [1.807, 2.05) is 18.7 Å². The van der Waals surface area contributed by atoms with Gasteiger partial charge in [-0.1, -0.05) is 0 Å². The number of rotatable bonds is 6. The smallest absolute Gasteiger partial charge is 0.158 e. The number of aryl methyl sites for hydroxylation is 2. The first-order valence-corrected chi connectivity index (χ1v) is 5.81. The lowest BCUT2D eigenvalue weighted by atomic mass is 10.2. The molecule has 0 saturated heterocycles. The van der Waals surface area contributed by atoms with E-state index in [9.17, 15) is 0 Å². The maximum Gasteiger partial charge on any atom is 0.158 e. The van der Waals surface area contributed by atoms with Crippen molar-refractivity contribution in [2.75, 3.05) is 20.3 Å². The van der Waals surface area contributed by atoms with E-state index in [0.29, 0.717) is 6.61 Å². The van der Waals surface area contributed by atoms with Crippen LogP contribution < -0.4 is 5.32 Å². The second-order valence-electron chi connectivity index (χ2n) is 4.02. The van der Waals surface area contributed by atoms with Gasteiger partial charge in [0.2, 0.25) is 0 Å². The quantitative estimate of drug-likeness (QED) is 0.733. The normalized spacial score (nSPS) is 11.1. The maximum atomic E-state index is 5.01. The fraction of sp³-hybridized carbons (Fsp3) is 0.545. The first kappa shape index (κ1) is 12.7. The summed E-state index contributed by atoms with van der Waals surface area (Å²) < 4.78 is 8.55. The van der Waals surface area contributed by atoms with E-state index in [2.05, 4.69) is 20.5 Å². The molecule has 0 aliphatic carbocycles. The number of nitrogens with zero attached hydrogens (tertiary/aromatic N) is 5. The van der Waals surface area contributed by atoms with Gasteiger partial charge in [-0.05, 0) is 6.92 Å². The van der Waals surface area contributed by atoms with E-state index in [-0.39, 0.29) is 0 Å². The Balaban J connectivity index is 2.18. The van der Waals surface area contributed by atoms with Crippen molar-refractivity contribution in [3.63, 3.8) is 0 Å². The molecule has 0 aromatic carbocycles. The van der Waals surface area contributed by atoms with Crippen LogP contribution in [0.25, 0.3) is 5.82 Å². The zero-order valence-corrected chi connectivity index (χ0v) is 10.9. The van der Waals surface area contributed by atoms with Gasteiger partial charge in [0.05, 0.1) is 12.3 Å². The zero-order chi connectivity index (χ0) is 13.0. The predicted molar refractivity (Wildman–Crippen MR) is 66.4 cm³/mol. The third kappa shape index (κ3) is 2.57. The Hall–Kier alpha value is -1.73. The summed E-state index contributed by atoms with van der Waals surface area (Å²) in [6.45, 7) is 4.23. The molecule has 1 N–H and O–H groups in total. The average Bonchev–Trinajstić information content (AvgIpc) is 2.93. The molecule has 98 valence electrons. The summed E-state index contributed by atoms with van der Waals surface area (Å²) >= 11 is 0. The lowest BCUT2D eigenvalue weighted by Crippen LogP contribution is -2.20. The summed E-state index contributed by atoms with van der Waals surface area (Å²) in [5.41, 5.74) is 2.12. The lowest BCUT2D eigenvalue weighted by molar-refractivity contribution is 0.199. The van der Waals surface area contributed by atoms with Gasteiger partial charge in [-0.25, -0.2) is 9.67 Å². The van der Waals surface area contributed by atoms with Crippen molar-refractivity contribution in [3.05, 3.63) is 23.9 Å². The van der Waals surface area contributed by atoms with E-state index < -0.39 is 0 Å². The number of methoxy groups -OCH3 is 1. The first-order valence-electron chi connectivity index (χ1n) is 5.81. The van der Waals surface area contributed by atoms with Crippen molar-refractivity contribution in [1.82, 2.24) is 29.9 Å². The van der Waals surface area contributed by atoms with Crippen LogP contribution in [0.1, 0.15) is 11.3 Å². The summed E-state index contributed by atoms with van der Waals surface area (Å²) in [7, 11) is 3.60. The Morgan fingerprint density at radius 1 is 1.44 bits per heavy atom. The molecule has 0 saturated carbocycles. The van der Waals surface area contributed by atoms with Crippen LogP contribution in [0, 0.1) is 6.92 Å². The summed E-state index contributed by atoms with van der Waals surface area (Å²) in [4.78, 5) is 3.97. The lowest BCUT2D eigenvalue weighted by Gasteiger charge is -2.07. The number of ether oxygens (including phenoxy) is 1. The molecule has 0 spiro atoms. The maximum absolute atomic E-state index is 5.01. The van der Waals surface area contributed by atoms with Gasteiger partial charge in [-0.15, -0.1) is 0 Å². The van der Waals surface area contributed by atoms with Gasteiger partial charge in [-0.3, -0.25) is 4.68 Å². The highest BCUT2D eigenvalue weighted by molar-refractivity contribution is 5.36. The van der Waals surface area contributed by atoms with E-state index in [4.69, 9.17) is 4.74 Å². The number of hydrogen-bond donors (Lipinski definition) is 1. The molecule has 0 atom stereocenters. The van der Waals surface area contributed by atoms with Crippen molar-refractivity contribution < 1.29 is 4.74 Å². The Labute approximate surface area is 106 Å². The monoisotopic (exact) mass is 250 g/mol. The van der Waals surface area contributed by atoms with Gasteiger partial charge in [0.15, 0.2) is 5.82 Å². The minimum absolute atomic E-state index is 0.692. The van der Waals surface area contributed by atoms with Crippen LogP contribution >= 0.6 is 0 Å². The topological polar surface area (TPSA) is 69.8 Å². The third-order valence-electron chi connectivity index (χ3n) is 2.73. The van der Waals surface area contributed by atoms with Crippen LogP contribution in [0.15, 0.2) is 12.7 Å². The van der Waals surface area contributed by atoms with Crippen molar-refractivity contribution in [3.8, 4) is 5.82 Å². The predicted octanol–water partition coefficient (Wildman–Crippen LogP) is 0.0452. The molecule has 0 amide bonds. The molecule has 0 bridgehead atoms. The van der Waals surface area contributed by atoms with Crippen molar-refractivity contribution in [1.29, 1.82) is 0 Å². The molecule has 2 aromatic rings. The highest BCUT2D eigenvalue weighted by atomic mass is 16.5. The van der Waals surface area contributed by atoms with Crippen LogP contribution in [0.3, 0.4) is 0 Å². The number of aromatic nitrogens is 5. The molecule has 0 fully saturated rings. The molecule has 0 aliphatic rings. The Morgan fingerprint density at radius 3 is 2.94 bits per heavy atom. The molecule has 0 unspecified atom stereocenters. The summed E-state index contributed by atoms with van der Waals surface area (Å²) in [5.74, 6) is 0.940. The first-order chi connectivity index (χ1) is 8.74. The van der Waals surface area contributed by atoms with Crippen molar-refractivity contribution >= 4 is 0 Å². The van der Waals surface area contributed by atoms with Gasteiger partial charge >= 0.3 is 0 Å². The molecule has 18 heavy (non-hydrogen) atoms.